The molecule has 1 fully saturated rings. The zero-order valence-electron chi connectivity index (χ0n) is 5.83. The standard InChI is InChI=1S/C7H7BrN2O/c8-6-3-4-7(10-9-6)11-5-1-2-5/h3-5H,1-2H2. The van der Waals surface area contributed by atoms with Gasteiger partial charge in [-0.05, 0) is 34.8 Å². The van der Waals surface area contributed by atoms with Crippen molar-refractivity contribution >= 4 is 15.9 Å². The molecule has 0 N–H and O–H groups in total. The molecule has 1 aromatic heterocycles. The van der Waals surface area contributed by atoms with E-state index in [1.165, 1.54) is 0 Å². The van der Waals surface area contributed by atoms with Crippen LogP contribution in [0.4, 0.5) is 0 Å². The fraction of sp³-hybridized carbons (Fsp3) is 0.429. The number of hydrogen-bond donors (Lipinski definition) is 0. The molecule has 1 heterocycles. The Kier molecular flexibility index (Phi) is 1.77. The smallest absolute Gasteiger partial charge is 0.233 e. The number of hydrogen-bond acceptors (Lipinski definition) is 3. The lowest BCUT2D eigenvalue weighted by Gasteiger charge is -1.99. The summed E-state index contributed by atoms with van der Waals surface area (Å²) >= 11 is 3.20. The Hall–Kier alpha value is -0.640. The average Bonchev–Trinajstić information content (AvgIpc) is 2.78. The third kappa shape index (κ3) is 1.89. The molecule has 0 atom stereocenters. The maximum atomic E-state index is 5.39. The van der Waals surface area contributed by atoms with Crippen molar-refractivity contribution in [1.29, 1.82) is 0 Å². The molecule has 1 aromatic rings. The van der Waals surface area contributed by atoms with Crippen LogP contribution in [0, 0.1) is 0 Å². The predicted molar refractivity (Wildman–Crippen MR) is 43.4 cm³/mol. The van der Waals surface area contributed by atoms with Gasteiger partial charge < -0.3 is 4.74 Å². The van der Waals surface area contributed by atoms with Crippen LogP contribution in [0.15, 0.2) is 16.7 Å². The lowest BCUT2D eigenvalue weighted by molar-refractivity contribution is 0.287. The summed E-state index contributed by atoms with van der Waals surface area (Å²) in [5.74, 6) is 0.621. The average molecular weight is 215 g/mol. The zero-order valence-corrected chi connectivity index (χ0v) is 7.41. The Balaban J connectivity index is 2.06. The van der Waals surface area contributed by atoms with Gasteiger partial charge in [-0.3, -0.25) is 0 Å². The summed E-state index contributed by atoms with van der Waals surface area (Å²) in [6.07, 6.45) is 2.70. The summed E-state index contributed by atoms with van der Waals surface area (Å²) in [5.41, 5.74) is 0. The third-order valence-electron chi connectivity index (χ3n) is 1.42. The van der Waals surface area contributed by atoms with E-state index in [2.05, 4.69) is 26.1 Å². The number of nitrogens with zero attached hydrogens (tertiary/aromatic N) is 2. The van der Waals surface area contributed by atoms with Gasteiger partial charge in [0.2, 0.25) is 5.88 Å². The van der Waals surface area contributed by atoms with E-state index in [9.17, 15) is 0 Å². The van der Waals surface area contributed by atoms with E-state index in [0.29, 0.717) is 12.0 Å². The first kappa shape index (κ1) is 7.03. The van der Waals surface area contributed by atoms with Crippen LogP contribution >= 0.6 is 15.9 Å². The van der Waals surface area contributed by atoms with Gasteiger partial charge in [0.25, 0.3) is 0 Å². The molecule has 1 aliphatic carbocycles. The monoisotopic (exact) mass is 214 g/mol. The number of halogens is 1. The maximum Gasteiger partial charge on any atom is 0.233 e. The highest BCUT2D eigenvalue weighted by atomic mass is 79.9. The maximum absolute atomic E-state index is 5.39. The van der Waals surface area contributed by atoms with Crippen LogP contribution in [0.5, 0.6) is 5.88 Å². The van der Waals surface area contributed by atoms with E-state index in [4.69, 9.17) is 4.74 Å². The molecule has 0 aromatic carbocycles. The highest BCUT2D eigenvalue weighted by molar-refractivity contribution is 9.10. The van der Waals surface area contributed by atoms with Crippen molar-refractivity contribution in [3.05, 3.63) is 16.7 Å². The highest BCUT2D eigenvalue weighted by Crippen LogP contribution is 2.25. The Morgan fingerprint density at radius 2 is 2.18 bits per heavy atom. The minimum absolute atomic E-state index is 0.394. The van der Waals surface area contributed by atoms with Gasteiger partial charge in [-0.2, -0.15) is 0 Å². The SMILES string of the molecule is Brc1ccc(OC2CC2)nn1. The first-order valence-electron chi connectivity index (χ1n) is 3.50. The predicted octanol–water partition coefficient (Wildman–Crippen LogP) is 1.78. The van der Waals surface area contributed by atoms with Gasteiger partial charge in [0.15, 0.2) is 0 Å². The zero-order chi connectivity index (χ0) is 7.68. The molecule has 0 unspecified atom stereocenters. The lowest BCUT2D eigenvalue weighted by atomic mass is 10.6. The van der Waals surface area contributed by atoms with Gasteiger partial charge in [-0.25, -0.2) is 0 Å². The Bertz CT molecular complexity index is 245. The molecule has 0 aliphatic heterocycles. The molecule has 0 saturated heterocycles. The summed E-state index contributed by atoms with van der Waals surface area (Å²) in [6.45, 7) is 0. The largest absolute Gasteiger partial charge is 0.473 e. The molecule has 2 rings (SSSR count). The molecule has 1 saturated carbocycles. The Morgan fingerprint density at radius 1 is 1.36 bits per heavy atom. The normalized spacial score (nSPS) is 16.5. The number of ether oxygens (including phenoxy) is 1. The molecule has 58 valence electrons. The van der Waals surface area contributed by atoms with Gasteiger partial charge in [-0.1, -0.05) is 0 Å². The van der Waals surface area contributed by atoms with E-state index in [-0.39, 0.29) is 0 Å². The van der Waals surface area contributed by atoms with Crippen molar-refractivity contribution in [2.24, 2.45) is 0 Å². The van der Waals surface area contributed by atoms with Crippen molar-refractivity contribution in [1.82, 2.24) is 10.2 Å². The second-order valence-corrected chi connectivity index (χ2v) is 3.32. The summed E-state index contributed by atoms with van der Waals surface area (Å²) in [4.78, 5) is 0. The van der Waals surface area contributed by atoms with Crippen LogP contribution in [-0.2, 0) is 0 Å². The van der Waals surface area contributed by atoms with Crippen LogP contribution in [0.2, 0.25) is 0 Å². The Labute approximate surface area is 72.9 Å². The van der Waals surface area contributed by atoms with E-state index in [1.807, 2.05) is 12.1 Å². The topological polar surface area (TPSA) is 35.0 Å². The van der Waals surface area contributed by atoms with Gasteiger partial charge in [0, 0.05) is 6.07 Å². The second kappa shape index (κ2) is 2.77. The van der Waals surface area contributed by atoms with Crippen LogP contribution < -0.4 is 4.74 Å². The van der Waals surface area contributed by atoms with Crippen molar-refractivity contribution < 1.29 is 4.74 Å². The molecule has 0 radical (unpaired) electrons. The molecular weight excluding hydrogens is 208 g/mol. The molecule has 11 heavy (non-hydrogen) atoms. The first-order chi connectivity index (χ1) is 5.34. The minimum Gasteiger partial charge on any atom is -0.473 e. The fourth-order valence-electron chi connectivity index (χ4n) is 0.723. The molecule has 1 aliphatic rings. The van der Waals surface area contributed by atoms with Crippen molar-refractivity contribution in [2.75, 3.05) is 0 Å². The molecule has 4 heteroatoms. The summed E-state index contributed by atoms with van der Waals surface area (Å²) in [6, 6.07) is 3.64. The van der Waals surface area contributed by atoms with E-state index < -0.39 is 0 Å². The van der Waals surface area contributed by atoms with Gasteiger partial charge in [0.05, 0.1) is 0 Å². The van der Waals surface area contributed by atoms with Crippen LogP contribution in [0.1, 0.15) is 12.8 Å². The number of rotatable bonds is 2. The van der Waals surface area contributed by atoms with Gasteiger partial charge in [-0.15, -0.1) is 10.2 Å². The van der Waals surface area contributed by atoms with Gasteiger partial charge >= 0.3 is 0 Å². The summed E-state index contributed by atoms with van der Waals surface area (Å²) in [5, 5.41) is 7.64. The van der Waals surface area contributed by atoms with E-state index in [0.717, 1.165) is 17.4 Å². The highest BCUT2D eigenvalue weighted by Gasteiger charge is 2.23. The van der Waals surface area contributed by atoms with Crippen molar-refractivity contribution in [2.45, 2.75) is 18.9 Å². The van der Waals surface area contributed by atoms with E-state index >= 15 is 0 Å². The van der Waals surface area contributed by atoms with Crippen LogP contribution in [-0.4, -0.2) is 16.3 Å². The van der Waals surface area contributed by atoms with Gasteiger partial charge in [0.1, 0.15) is 10.7 Å². The lowest BCUT2D eigenvalue weighted by Crippen LogP contribution is -1.98. The molecule has 0 amide bonds. The molecule has 0 spiro atoms. The first-order valence-corrected chi connectivity index (χ1v) is 4.30. The summed E-state index contributed by atoms with van der Waals surface area (Å²) in [7, 11) is 0. The second-order valence-electron chi connectivity index (χ2n) is 2.51. The molecular formula is C7H7BrN2O. The van der Waals surface area contributed by atoms with Crippen molar-refractivity contribution in [3.8, 4) is 5.88 Å². The fourth-order valence-corrected chi connectivity index (χ4v) is 0.935. The summed E-state index contributed by atoms with van der Waals surface area (Å²) < 4.78 is 6.12. The third-order valence-corrected chi connectivity index (χ3v) is 1.84. The van der Waals surface area contributed by atoms with Crippen LogP contribution in [0.25, 0.3) is 0 Å². The Morgan fingerprint density at radius 3 is 2.73 bits per heavy atom. The van der Waals surface area contributed by atoms with Crippen LogP contribution in [0.3, 0.4) is 0 Å². The molecule has 3 nitrogen and oxygen atoms in total. The van der Waals surface area contributed by atoms with E-state index in [1.54, 1.807) is 0 Å². The minimum atomic E-state index is 0.394. The van der Waals surface area contributed by atoms with Crippen molar-refractivity contribution in [3.63, 3.8) is 0 Å². The molecule has 0 bridgehead atoms. The number of aromatic nitrogens is 2. The quantitative estimate of drug-likeness (QED) is 0.754.